The third-order valence-corrected chi connectivity index (χ3v) is 5.04. The van der Waals surface area contributed by atoms with Gasteiger partial charge in [0.2, 0.25) is 0 Å². The Labute approximate surface area is 108 Å². The second-order valence-electron chi connectivity index (χ2n) is 5.09. The summed E-state index contributed by atoms with van der Waals surface area (Å²) in [5.41, 5.74) is 0. The number of esters is 1. The van der Waals surface area contributed by atoms with Gasteiger partial charge in [0.15, 0.2) is 0 Å². The van der Waals surface area contributed by atoms with Gasteiger partial charge in [0.25, 0.3) is 0 Å². The molecule has 1 atom stereocenters. The number of likely N-dealkylation sites (tertiary alicyclic amines) is 1. The van der Waals surface area contributed by atoms with Crippen molar-refractivity contribution < 1.29 is 9.53 Å². The van der Waals surface area contributed by atoms with Crippen LogP contribution in [0.5, 0.6) is 0 Å². The van der Waals surface area contributed by atoms with Crippen molar-refractivity contribution in [1.29, 1.82) is 0 Å². The maximum atomic E-state index is 11.9. The van der Waals surface area contributed by atoms with Crippen LogP contribution in [0.25, 0.3) is 0 Å². The molecule has 0 saturated carbocycles. The van der Waals surface area contributed by atoms with E-state index in [1.807, 2.05) is 11.8 Å². The zero-order chi connectivity index (χ0) is 12.1. The van der Waals surface area contributed by atoms with Crippen LogP contribution in [-0.4, -0.2) is 49.1 Å². The van der Waals surface area contributed by atoms with E-state index in [-0.39, 0.29) is 11.9 Å². The van der Waals surface area contributed by atoms with E-state index in [2.05, 4.69) is 4.90 Å². The molecule has 2 rings (SSSR count). The molecule has 0 amide bonds. The molecule has 0 bridgehead atoms. The van der Waals surface area contributed by atoms with Crippen LogP contribution in [-0.2, 0) is 9.53 Å². The number of carbonyl (C=O) groups excluding carboxylic acids is 1. The van der Waals surface area contributed by atoms with Crippen molar-refractivity contribution in [2.45, 2.75) is 25.7 Å². The molecule has 17 heavy (non-hydrogen) atoms. The smallest absolute Gasteiger partial charge is 0.310 e. The fourth-order valence-corrected chi connectivity index (χ4v) is 4.07. The number of carbonyl (C=O) groups is 1. The Morgan fingerprint density at radius 3 is 2.59 bits per heavy atom. The molecule has 4 heteroatoms. The largest absolute Gasteiger partial charge is 0.469 e. The molecule has 0 radical (unpaired) electrons. The molecule has 2 fully saturated rings. The van der Waals surface area contributed by atoms with Crippen molar-refractivity contribution in [3.8, 4) is 0 Å². The lowest BCUT2D eigenvalue weighted by Crippen LogP contribution is -2.37. The van der Waals surface area contributed by atoms with Gasteiger partial charge in [-0.1, -0.05) is 0 Å². The average Bonchev–Trinajstić information content (AvgIpc) is 2.89. The first kappa shape index (κ1) is 13.2. The summed E-state index contributed by atoms with van der Waals surface area (Å²) < 4.78 is 5.00. The summed E-state index contributed by atoms with van der Waals surface area (Å²) >= 11 is 2.01. The van der Waals surface area contributed by atoms with Gasteiger partial charge >= 0.3 is 5.97 Å². The van der Waals surface area contributed by atoms with E-state index in [9.17, 15) is 4.79 Å². The van der Waals surface area contributed by atoms with E-state index in [1.54, 1.807) is 0 Å². The SMILES string of the molecule is COC(=O)C(CN1CCCC1)C1CCSCC1. The van der Waals surface area contributed by atoms with Crippen LogP contribution < -0.4 is 0 Å². The molecule has 0 spiro atoms. The van der Waals surface area contributed by atoms with E-state index in [0.717, 1.165) is 19.6 Å². The Balaban J connectivity index is 1.93. The quantitative estimate of drug-likeness (QED) is 0.721. The van der Waals surface area contributed by atoms with Crippen molar-refractivity contribution >= 4 is 17.7 Å². The second kappa shape index (κ2) is 6.64. The van der Waals surface area contributed by atoms with Crippen molar-refractivity contribution in [3.63, 3.8) is 0 Å². The maximum Gasteiger partial charge on any atom is 0.310 e. The summed E-state index contributed by atoms with van der Waals surface area (Å²) in [5.74, 6) is 3.08. The highest BCUT2D eigenvalue weighted by molar-refractivity contribution is 7.99. The third kappa shape index (κ3) is 3.62. The Hall–Kier alpha value is -0.220. The van der Waals surface area contributed by atoms with Crippen molar-refractivity contribution in [2.24, 2.45) is 11.8 Å². The van der Waals surface area contributed by atoms with Crippen molar-refractivity contribution in [1.82, 2.24) is 4.90 Å². The number of hydrogen-bond acceptors (Lipinski definition) is 4. The highest BCUT2D eigenvalue weighted by atomic mass is 32.2. The lowest BCUT2D eigenvalue weighted by Gasteiger charge is -2.31. The molecule has 1 unspecified atom stereocenters. The molecule has 2 heterocycles. The highest BCUT2D eigenvalue weighted by Gasteiger charge is 2.32. The van der Waals surface area contributed by atoms with Gasteiger partial charge in [0, 0.05) is 6.54 Å². The maximum absolute atomic E-state index is 11.9. The van der Waals surface area contributed by atoms with Crippen LogP contribution >= 0.6 is 11.8 Å². The number of hydrogen-bond donors (Lipinski definition) is 0. The molecule has 2 aliphatic heterocycles. The monoisotopic (exact) mass is 257 g/mol. The number of methoxy groups -OCH3 is 1. The fourth-order valence-electron chi connectivity index (χ4n) is 2.93. The van der Waals surface area contributed by atoms with Crippen LogP contribution in [0.1, 0.15) is 25.7 Å². The first-order chi connectivity index (χ1) is 8.31. The van der Waals surface area contributed by atoms with Crippen LogP contribution in [0.4, 0.5) is 0 Å². The van der Waals surface area contributed by atoms with Gasteiger partial charge in [-0.05, 0) is 56.2 Å². The Morgan fingerprint density at radius 1 is 1.35 bits per heavy atom. The first-order valence-electron chi connectivity index (χ1n) is 6.69. The zero-order valence-corrected chi connectivity index (χ0v) is 11.5. The molecule has 0 N–H and O–H groups in total. The van der Waals surface area contributed by atoms with E-state index >= 15 is 0 Å². The first-order valence-corrected chi connectivity index (χ1v) is 7.84. The summed E-state index contributed by atoms with van der Waals surface area (Å²) in [4.78, 5) is 14.4. The van der Waals surface area contributed by atoms with Crippen LogP contribution in [0.3, 0.4) is 0 Å². The van der Waals surface area contributed by atoms with Gasteiger partial charge in [0.1, 0.15) is 0 Å². The zero-order valence-electron chi connectivity index (χ0n) is 10.7. The van der Waals surface area contributed by atoms with E-state index in [4.69, 9.17) is 4.74 Å². The lowest BCUT2D eigenvalue weighted by molar-refractivity contribution is -0.148. The summed E-state index contributed by atoms with van der Waals surface area (Å²) in [6.07, 6.45) is 4.93. The number of nitrogens with zero attached hydrogens (tertiary/aromatic N) is 1. The van der Waals surface area contributed by atoms with Gasteiger partial charge in [-0.3, -0.25) is 4.79 Å². The minimum atomic E-state index is 0.00815. The fraction of sp³-hybridized carbons (Fsp3) is 0.923. The third-order valence-electron chi connectivity index (χ3n) is 3.99. The molecule has 0 aromatic heterocycles. The Morgan fingerprint density at radius 2 is 2.00 bits per heavy atom. The predicted octanol–water partition coefficient (Wildman–Crippen LogP) is 2.01. The van der Waals surface area contributed by atoms with Crippen molar-refractivity contribution in [3.05, 3.63) is 0 Å². The van der Waals surface area contributed by atoms with Crippen LogP contribution in [0, 0.1) is 11.8 Å². The van der Waals surface area contributed by atoms with Gasteiger partial charge < -0.3 is 9.64 Å². The molecular formula is C13H23NO2S. The van der Waals surface area contributed by atoms with Crippen LogP contribution in [0.2, 0.25) is 0 Å². The summed E-state index contributed by atoms with van der Waals surface area (Å²) in [5, 5.41) is 0. The summed E-state index contributed by atoms with van der Waals surface area (Å²) in [7, 11) is 1.52. The summed E-state index contributed by atoms with van der Waals surface area (Å²) in [6.45, 7) is 3.24. The Kier molecular flexibility index (Phi) is 5.16. The van der Waals surface area contributed by atoms with E-state index in [1.165, 1.54) is 44.3 Å². The molecule has 0 aromatic carbocycles. The van der Waals surface area contributed by atoms with Gasteiger partial charge in [-0.25, -0.2) is 0 Å². The molecule has 3 nitrogen and oxygen atoms in total. The van der Waals surface area contributed by atoms with Gasteiger partial charge in [-0.15, -0.1) is 0 Å². The molecule has 2 saturated heterocycles. The average molecular weight is 257 g/mol. The predicted molar refractivity (Wildman–Crippen MR) is 71.2 cm³/mol. The standard InChI is InChI=1S/C13H23NO2S/c1-16-13(15)12(10-14-6-2-3-7-14)11-4-8-17-9-5-11/h11-12H,2-10H2,1H3. The lowest BCUT2D eigenvalue weighted by atomic mass is 9.87. The molecular weight excluding hydrogens is 234 g/mol. The minimum absolute atomic E-state index is 0.00815. The van der Waals surface area contributed by atoms with Gasteiger partial charge in [-0.2, -0.15) is 11.8 Å². The topological polar surface area (TPSA) is 29.5 Å². The Bertz CT molecular complexity index is 248. The summed E-state index contributed by atoms with van der Waals surface area (Å²) in [6, 6.07) is 0. The molecule has 2 aliphatic rings. The van der Waals surface area contributed by atoms with Crippen molar-refractivity contribution in [2.75, 3.05) is 38.2 Å². The normalized spacial score (nSPS) is 24.8. The van der Waals surface area contributed by atoms with E-state index < -0.39 is 0 Å². The van der Waals surface area contributed by atoms with Crippen LogP contribution in [0.15, 0.2) is 0 Å². The minimum Gasteiger partial charge on any atom is -0.469 e. The molecule has 0 aliphatic carbocycles. The van der Waals surface area contributed by atoms with Gasteiger partial charge in [0.05, 0.1) is 13.0 Å². The highest BCUT2D eigenvalue weighted by Crippen LogP contribution is 2.30. The number of thioether (sulfide) groups is 1. The van der Waals surface area contributed by atoms with E-state index in [0.29, 0.717) is 5.92 Å². The second-order valence-corrected chi connectivity index (χ2v) is 6.31. The number of rotatable bonds is 4. The number of ether oxygens (including phenoxy) is 1. The molecule has 0 aromatic rings. The molecule has 98 valence electrons.